The molecule has 0 spiro atoms. The largest absolute Gasteiger partial charge is 0.496 e. The Balaban J connectivity index is 2.34. The summed E-state index contributed by atoms with van der Waals surface area (Å²) < 4.78 is 41.8. The van der Waals surface area contributed by atoms with E-state index in [-0.39, 0.29) is 29.3 Å². The van der Waals surface area contributed by atoms with Gasteiger partial charge in [0.15, 0.2) is 9.84 Å². The molecule has 0 bridgehead atoms. The van der Waals surface area contributed by atoms with Crippen molar-refractivity contribution in [2.45, 2.75) is 12.5 Å². The highest BCUT2D eigenvalue weighted by molar-refractivity contribution is 7.91. The highest BCUT2D eigenvalue weighted by Crippen LogP contribution is 2.35. The molecule has 0 amide bonds. The second kappa shape index (κ2) is 5.46. The van der Waals surface area contributed by atoms with Gasteiger partial charge in [-0.2, -0.15) is 0 Å². The summed E-state index contributed by atoms with van der Waals surface area (Å²) in [7, 11) is 0.310. The molecule has 106 valence electrons. The van der Waals surface area contributed by atoms with E-state index in [9.17, 15) is 12.8 Å². The molecule has 19 heavy (non-hydrogen) atoms. The van der Waals surface area contributed by atoms with E-state index < -0.39 is 9.84 Å². The van der Waals surface area contributed by atoms with Crippen molar-refractivity contribution in [3.05, 3.63) is 29.6 Å². The molecule has 1 heterocycles. The molecule has 0 aromatic heterocycles. The molecule has 0 saturated carbocycles. The molecule has 4 nitrogen and oxygen atoms in total. The van der Waals surface area contributed by atoms with Crippen molar-refractivity contribution < 1.29 is 17.5 Å². The fourth-order valence-corrected chi connectivity index (χ4v) is 4.52. The minimum Gasteiger partial charge on any atom is -0.496 e. The van der Waals surface area contributed by atoms with Crippen molar-refractivity contribution in [3.63, 3.8) is 0 Å². The van der Waals surface area contributed by atoms with Crippen LogP contribution >= 0.6 is 0 Å². The molecule has 1 aliphatic rings. The second-order valence-corrected chi connectivity index (χ2v) is 7.04. The van der Waals surface area contributed by atoms with Crippen LogP contribution in [0.1, 0.15) is 18.0 Å². The van der Waals surface area contributed by atoms with Crippen molar-refractivity contribution in [1.29, 1.82) is 0 Å². The average Bonchev–Trinajstić information content (AvgIpc) is 2.71. The molecule has 0 radical (unpaired) electrons. The minimum absolute atomic E-state index is 0.0503. The summed E-state index contributed by atoms with van der Waals surface area (Å²) in [5, 5.41) is 3.09. The van der Waals surface area contributed by atoms with Gasteiger partial charge in [-0.15, -0.1) is 0 Å². The number of hydrogen-bond acceptors (Lipinski definition) is 4. The fourth-order valence-electron chi connectivity index (χ4n) is 2.68. The minimum atomic E-state index is -2.96. The molecule has 1 aliphatic heterocycles. The molecule has 2 rings (SSSR count). The first kappa shape index (κ1) is 14.3. The summed E-state index contributed by atoms with van der Waals surface area (Å²) in [6.45, 7) is 0. The molecule has 1 saturated heterocycles. The standard InChI is InChI=1S/C13H18FNO3S/c1-15-13(9-5-6-19(16,17)8-9)11-7-10(14)3-4-12(11)18-2/h3-4,7,9,13,15H,5-6,8H2,1-2H3. The summed E-state index contributed by atoms with van der Waals surface area (Å²) in [4.78, 5) is 0. The SMILES string of the molecule is CNC(c1cc(F)ccc1OC)C1CCS(=O)(=O)C1. The number of ether oxygens (including phenoxy) is 1. The first-order valence-electron chi connectivity index (χ1n) is 6.18. The van der Waals surface area contributed by atoms with Crippen LogP contribution in [0.4, 0.5) is 4.39 Å². The van der Waals surface area contributed by atoms with Crippen molar-refractivity contribution in [2.75, 3.05) is 25.7 Å². The third-order valence-electron chi connectivity index (χ3n) is 3.58. The Morgan fingerprint density at radius 1 is 1.47 bits per heavy atom. The Morgan fingerprint density at radius 2 is 2.21 bits per heavy atom. The number of sulfone groups is 1. The third-order valence-corrected chi connectivity index (χ3v) is 5.37. The Morgan fingerprint density at radius 3 is 2.74 bits per heavy atom. The normalized spacial score (nSPS) is 23.2. The fraction of sp³-hybridized carbons (Fsp3) is 0.538. The molecule has 6 heteroatoms. The van der Waals surface area contributed by atoms with Gasteiger partial charge in [0.05, 0.1) is 18.6 Å². The molecule has 1 aromatic carbocycles. The van der Waals surface area contributed by atoms with Crippen molar-refractivity contribution in [3.8, 4) is 5.75 Å². The van der Waals surface area contributed by atoms with Gasteiger partial charge in [0, 0.05) is 11.6 Å². The number of methoxy groups -OCH3 is 1. The number of nitrogens with one attached hydrogen (secondary N) is 1. The van der Waals surface area contributed by atoms with Gasteiger partial charge in [-0.1, -0.05) is 0 Å². The summed E-state index contributed by atoms with van der Waals surface area (Å²) in [6.07, 6.45) is 0.591. The van der Waals surface area contributed by atoms with Gasteiger partial charge in [0.1, 0.15) is 11.6 Å². The number of halogens is 1. The first-order valence-corrected chi connectivity index (χ1v) is 8.00. The van der Waals surface area contributed by atoms with Gasteiger partial charge in [-0.25, -0.2) is 12.8 Å². The van der Waals surface area contributed by atoms with E-state index >= 15 is 0 Å². The zero-order chi connectivity index (χ0) is 14.0. The Bertz CT molecular complexity index is 559. The average molecular weight is 287 g/mol. The molecule has 1 N–H and O–H groups in total. The lowest BCUT2D eigenvalue weighted by atomic mass is 9.92. The Labute approximate surface area is 112 Å². The van der Waals surface area contributed by atoms with Gasteiger partial charge in [-0.05, 0) is 37.6 Å². The van der Waals surface area contributed by atoms with Crippen LogP contribution < -0.4 is 10.1 Å². The van der Waals surface area contributed by atoms with Crippen LogP contribution in [-0.4, -0.2) is 34.1 Å². The van der Waals surface area contributed by atoms with E-state index in [2.05, 4.69) is 5.32 Å². The lowest BCUT2D eigenvalue weighted by Gasteiger charge is -2.24. The molecule has 1 aromatic rings. The molecule has 2 atom stereocenters. The summed E-state index contributed by atoms with van der Waals surface area (Å²) >= 11 is 0. The second-order valence-electron chi connectivity index (χ2n) is 4.82. The van der Waals surface area contributed by atoms with Crippen molar-refractivity contribution in [2.24, 2.45) is 5.92 Å². The summed E-state index contributed by atoms with van der Waals surface area (Å²) in [6, 6.07) is 4.09. The van der Waals surface area contributed by atoms with E-state index in [0.29, 0.717) is 17.7 Å². The molecule has 1 fully saturated rings. The number of hydrogen-bond donors (Lipinski definition) is 1. The topological polar surface area (TPSA) is 55.4 Å². The highest BCUT2D eigenvalue weighted by Gasteiger charge is 2.35. The number of rotatable bonds is 4. The van der Waals surface area contributed by atoms with Gasteiger partial charge >= 0.3 is 0 Å². The third kappa shape index (κ3) is 3.06. The van der Waals surface area contributed by atoms with E-state index in [1.54, 1.807) is 13.1 Å². The zero-order valence-corrected chi connectivity index (χ0v) is 11.8. The van der Waals surface area contributed by atoms with Gasteiger partial charge in [0.25, 0.3) is 0 Å². The van der Waals surface area contributed by atoms with E-state index in [0.717, 1.165) is 0 Å². The first-order chi connectivity index (χ1) is 8.96. The van der Waals surface area contributed by atoms with E-state index in [1.165, 1.54) is 19.2 Å². The maximum absolute atomic E-state index is 13.4. The highest BCUT2D eigenvalue weighted by atomic mass is 32.2. The Hall–Kier alpha value is -1.14. The predicted molar refractivity (Wildman–Crippen MR) is 71.5 cm³/mol. The maximum Gasteiger partial charge on any atom is 0.150 e. The maximum atomic E-state index is 13.4. The van der Waals surface area contributed by atoms with Crippen LogP contribution in [0.3, 0.4) is 0 Å². The zero-order valence-electron chi connectivity index (χ0n) is 11.0. The summed E-state index contributed by atoms with van der Waals surface area (Å²) in [5.41, 5.74) is 0.673. The van der Waals surface area contributed by atoms with Crippen LogP contribution in [0, 0.1) is 11.7 Å². The van der Waals surface area contributed by atoms with E-state index in [4.69, 9.17) is 4.74 Å². The van der Waals surface area contributed by atoms with Gasteiger partial charge < -0.3 is 10.1 Å². The van der Waals surface area contributed by atoms with Gasteiger partial charge in [-0.3, -0.25) is 0 Å². The number of benzene rings is 1. The monoisotopic (exact) mass is 287 g/mol. The van der Waals surface area contributed by atoms with Gasteiger partial charge in [0.2, 0.25) is 0 Å². The van der Waals surface area contributed by atoms with Crippen molar-refractivity contribution >= 4 is 9.84 Å². The lowest BCUT2D eigenvalue weighted by Crippen LogP contribution is -2.26. The molecule has 0 aliphatic carbocycles. The van der Waals surface area contributed by atoms with Crippen LogP contribution in [0.25, 0.3) is 0 Å². The lowest BCUT2D eigenvalue weighted by molar-refractivity contribution is 0.371. The van der Waals surface area contributed by atoms with Crippen LogP contribution in [-0.2, 0) is 9.84 Å². The van der Waals surface area contributed by atoms with Crippen LogP contribution in [0.5, 0.6) is 5.75 Å². The van der Waals surface area contributed by atoms with Crippen LogP contribution in [0.15, 0.2) is 18.2 Å². The summed E-state index contributed by atoms with van der Waals surface area (Å²) in [5.74, 6) is 0.513. The molecular weight excluding hydrogens is 269 g/mol. The molecule has 2 unspecified atom stereocenters. The van der Waals surface area contributed by atoms with Crippen LogP contribution in [0.2, 0.25) is 0 Å². The quantitative estimate of drug-likeness (QED) is 0.912. The Kier molecular flexibility index (Phi) is 4.10. The van der Waals surface area contributed by atoms with Crippen molar-refractivity contribution in [1.82, 2.24) is 5.32 Å². The smallest absolute Gasteiger partial charge is 0.150 e. The predicted octanol–water partition coefficient (Wildman–Crippen LogP) is 1.53. The van der Waals surface area contributed by atoms with E-state index in [1.807, 2.05) is 0 Å². The molecular formula is C13H18FNO3S.